The van der Waals surface area contributed by atoms with Crippen LogP contribution in [0.5, 0.6) is 0 Å². The van der Waals surface area contributed by atoms with Crippen molar-refractivity contribution in [3.63, 3.8) is 0 Å². The fraction of sp³-hybridized carbons (Fsp3) is 0.471. The third-order valence-corrected chi connectivity index (χ3v) is 3.66. The number of benzene rings is 1. The maximum Gasteiger partial charge on any atom is 0.252 e. The fourth-order valence-electron chi connectivity index (χ4n) is 1.84. The minimum atomic E-state index is -0.0828. The molecule has 4 heteroatoms. The number of hydrogen-bond acceptors (Lipinski definition) is 3. The average Bonchev–Trinajstić information content (AvgIpc) is 2.46. The average molecular weight is 305 g/mol. The van der Waals surface area contributed by atoms with E-state index in [0.29, 0.717) is 17.5 Å². The molecule has 1 rings (SSSR count). The van der Waals surface area contributed by atoms with Crippen molar-refractivity contribution in [2.24, 2.45) is 0 Å². The van der Waals surface area contributed by atoms with Crippen LogP contribution in [-0.2, 0) is 0 Å². The molecule has 0 aliphatic heterocycles. The molecule has 3 nitrogen and oxygen atoms in total. The van der Waals surface area contributed by atoms with E-state index in [1.807, 2.05) is 32.0 Å². The van der Waals surface area contributed by atoms with Crippen molar-refractivity contribution in [3.05, 3.63) is 34.9 Å². The number of aliphatic hydroxyl groups excluding tert-OH is 1. The summed E-state index contributed by atoms with van der Waals surface area (Å²) in [6, 6.07) is 5.81. The Kier molecular flexibility index (Phi) is 7.96. The predicted octanol–water partition coefficient (Wildman–Crippen LogP) is 2.60. The molecule has 0 aliphatic carbocycles. The lowest BCUT2D eigenvalue weighted by atomic mass is 10.0. The monoisotopic (exact) mass is 305 g/mol. The fourth-order valence-corrected chi connectivity index (χ4v) is 2.43. The molecule has 0 spiro atoms. The van der Waals surface area contributed by atoms with Crippen molar-refractivity contribution >= 4 is 17.7 Å². The number of thioether (sulfide) groups is 1. The second kappa shape index (κ2) is 9.49. The van der Waals surface area contributed by atoms with Crippen molar-refractivity contribution in [3.8, 4) is 11.8 Å². The molecule has 2 N–H and O–H groups in total. The summed E-state index contributed by atoms with van der Waals surface area (Å²) in [5, 5.41) is 11.8. The number of aryl methyl sites for hydroxylation is 1. The lowest BCUT2D eigenvalue weighted by Crippen LogP contribution is -2.33. The molecule has 0 fully saturated rings. The predicted molar refractivity (Wildman–Crippen MR) is 89.7 cm³/mol. The summed E-state index contributed by atoms with van der Waals surface area (Å²) in [6.07, 6.45) is 3.42. The summed E-state index contributed by atoms with van der Waals surface area (Å²) in [5.74, 6) is 6.78. The number of rotatable bonds is 6. The van der Waals surface area contributed by atoms with Crippen LogP contribution < -0.4 is 5.32 Å². The van der Waals surface area contributed by atoms with Gasteiger partial charge in [0.15, 0.2) is 0 Å². The molecule has 0 saturated carbocycles. The highest BCUT2D eigenvalue weighted by Gasteiger charge is 2.13. The van der Waals surface area contributed by atoms with Crippen LogP contribution in [0.3, 0.4) is 0 Å². The van der Waals surface area contributed by atoms with Gasteiger partial charge in [-0.15, -0.1) is 0 Å². The molecule has 21 heavy (non-hydrogen) atoms. The highest BCUT2D eigenvalue weighted by Crippen LogP contribution is 2.12. The summed E-state index contributed by atoms with van der Waals surface area (Å²) in [5.41, 5.74) is 2.35. The first-order valence-electron chi connectivity index (χ1n) is 7.08. The summed E-state index contributed by atoms with van der Waals surface area (Å²) in [4.78, 5) is 12.4. The van der Waals surface area contributed by atoms with Crippen LogP contribution >= 0.6 is 11.8 Å². The normalized spacial score (nSPS) is 11.4. The molecule has 0 aliphatic rings. The molecule has 0 bridgehead atoms. The molecular formula is C17H23NO2S. The Bertz CT molecular complexity index is 531. The lowest BCUT2D eigenvalue weighted by molar-refractivity contribution is 0.0939. The van der Waals surface area contributed by atoms with Gasteiger partial charge in [-0.2, -0.15) is 11.8 Å². The van der Waals surface area contributed by atoms with E-state index >= 15 is 0 Å². The Morgan fingerprint density at radius 2 is 2.24 bits per heavy atom. The molecule has 1 aromatic carbocycles. The number of carbonyl (C=O) groups excluding carboxylic acids is 1. The van der Waals surface area contributed by atoms with E-state index in [4.69, 9.17) is 5.11 Å². The highest BCUT2D eigenvalue weighted by atomic mass is 32.2. The van der Waals surface area contributed by atoms with Gasteiger partial charge in [-0.3, -0.25) is 4.79 Å². The minimum Gasteiger partial charge on any atom is -0.395 e. The van der Waals surface area contributed by atoms with Gasteiger partial charge in [-0.05, 0) is 44.4 Å². The summed E-state index contributed by atoms with van der Waals surface area (Å²) in [6.45, 7) is 4.01. The molecular weight excluding hydrogens is 282 g/mol. The van der Waals surface area contributed by atoms with E-state index in [-0.39, 0.29) is 18.6 Å². The van der Waals surface area contributed by atoms with Gasteiger partial charge in [-0.25, -0.2) is 0 Å². The van der Waals surface area contributed by atoms with Gasteiger partial charge in [0.05, 0.1) is 12.2 Å². The maximum atomic E-state index is 12.4. The van der Waals surface area contributed by atoms with Gasteiger partial charge in [-0.1, -0.05) is 23.5 Å². The van der Waals surface area contributed by atoms with Crippen molar-refractivity contribution in [1.29, 1.82) is 0 Å². The van der Waals surface area contributed by atoms with Crippen molar-refractivity contribution in [2.45, 2.75) is 32.7 Å². The number of nitrogens with one attached hydrogen (secondary N) is 1. The van der Waals surface area contributed by atoms with Gasteiger partial charge in [0.25, 0.3) is 5.91 Å². The topological polar surface area (TPSA) is 49.3 Å². The van der Waals surface area contributed by atoms with E-state index in [1.165, 1.54) is 0 Å². The second-order valence-electron chi connectivity index (χ2n) is 4.98. The first-order chi connectivity index (χ1) is 10.1. The molecule has 1 aromatic rings. The van der Waals surface area contributed by atoms with Crippen LogP contribution in [0.25, 0.3) is 0 Å². The summed E-state index contributed by atoms with van der Waals surface area (Å²) >= 11 is 1.77. The Labute approximate surface area is 131 Å². The van der Waals surface area contributed by atoms with Gasteiger partial charge >= 0.3 is 0 Å². The van der Waals surface area contributed by atoms with E-state index in [1.54, 1.807) is 11.8 Å². The molecule has 1 amide bonds. The van der Waals surface area contributed by atoms with E-state index < -0.39 is 0 Å². The quantitative estimate of drug-likeness (QED) is 0.794. The van der Waals surface area contributed by atoms with Crippen LogP contribution in [0.2, 0.25) is 0 Å². The number of aliphatic hydroxyl groups is 1. The van der Waals surface area contributed by atoms with Gasteiger partial charge in [0, 0.05) is 18.0 Å². The third kappa shape index (κ3) is 6.24. The number of carbonyl (C=O) groups is 1. The number of hydrogen-bond donors (Lipinski definition) is 2. The molecule has 1 unspecified atom stereocenters. The third-order valence-electron chi connectivity index (χ3n) is 3.01. The first kappa shape index (κ1) is 17.6. The zero-order chi connectivity index (χ0) is 15.7. The molecule has 0 heterocycles. The second-order valence-corrected chi connectivity index (χ2v) is 5.97. The Hall–Kier alpha value is -1.44. The number of amides is 1. The SMILES string of the molecule is CSCCC(C)NC(=O)c1cc(C)ccc1C#CCCO. The van der Waals surface area contributed by atoms with Crippen LogP contribution in [-0.4, -0.2) is 35.7 Å². The van der Waals surface area contributed by atoms with Gasteiger partial charge < -0.3 is 10.4 Å². The van der Waals surface area contributed by atoms with Crippen molar-refractivity contribution < 1.29 is 9.90 Å². The van der Waals surface area contributed by atoms with E-state index in [9.17, 15) is 4.79 Å². The summed E-state index contributed by atoms with van der Waals surface area (Å²) in [7, 11) is 0. The van der Waals surface area contributed by atoms with Crippen LogP contribution in [0.15, 0.2) is 18.2 Å². The first-order valence-corrected chi connectivity index (χ1v) is 8.48. The smallest absolute Gasteiger partial charge is 0.252 e. The molecule has 0 aromatic heterocycles. The molecule has 1 atom stereocenters. The van der Waals surface area contributed by atoms with Gasteiger partial charge in [0.2, 0.25) is 0 Å². The Balaban J connectivity index is 2.87. The van der Waals surface area contributed by atoms with Crippen molar-refractivity contribution in [1.82, 2.24) is 5.32 Å². The van der Waals surface area contributed by atoms with Gasteiger partial charge in [0.1, 0.15) is 0 Å². The van der Waals surface area contributed by atoms with Crippen LogP contribution in [0, 0.1) is 18.8 Å². The summed E-state index contributed by atoms with van der Waals surface area (Å²) < 4.78 is 0. The Morgan fingerprint density at radius 1 is 1.48 bits per heavy atom. The lowest BCUT2D eigenvalue weighted by Gasteiger charge is -2.14. The maximum absolute atomic E-state index is 12.4. The molecule has 0 saturated heterocycles. The van der Waals surface area contributed by atoms with Crippen LogP contribution in [0.1, 0.15) is 41.3 Å². The zero-order valence-electron chi connectivity index (χ0n) is 12.9. The van der Waals surface area contributed by atoms with Crippen LogP contribution in [0.4, 0.5) is 0 Å². The molecule has 0 radical (unpaired) electrons. The van der Waals surface area contributed by atoms with E-state index in [0.717, 1.165) is 17.7 Å². The highest BCUT2D eigenvalue weighted by molar-refractivity contribution is 7.98. The Morgan fingerprint density at radius 3 is 2.90 bits per heavy atom. The molecule has 114 valence electrons. The van der Waals surface area contributed by atoms with Crippen molar-refractivity contribution in [2.75, 3.05) is 18.6 Å². The zero-order valence-corrected chi connectivity index (χ0v) is 13.7. The largest absolute Gasteiger partial charge is 0.395 e. The minimum absolute atomic E-state index is 0.0338. The standard InChI is InChI=1S/C17H23NO2S/c1-13-7-8-15(6-4-5-10-19)16(12-13)17(20)18-14(2)9-11-21-3/h7-8,12,14,19H,5,9-11H2,1-3H3,(H,18,20). The van der Waals surface area contributed by atoms with E-state index in [2.05, 4.69) is 23.4 Å².